The number of aromatic hydroxyl groups is 1. The second-order valence-corrected chi connectivity index (χ2v) is 7.49. The van der Waals surface area contributed by atoms with E-state index >= 15 is 0 Å². The van der Waals surface area contributed by atoms with E-state index in [-0.39, 0.29) is 22.9 Å². The van der Waals surface area contributed by atoms with Crippen LogP contribution in [0.5, 0.6) is 5.75 Å². The molecule has 0 aliphatic heterocycles. The van der Waals surface area contributed by atoms with Crippen LogP contribution >= 0.6 is 15.9 Å². The minimum absolute atomic E-state index is 0.0875. The van der Waals surface area contributed by atoms with Crippen LogP contribution in [0.15, 0.2) is 67.7 Å². The van der Waals surface area contributed by atoms with E-state index in [1.165, 1.54) is 17.8 Å². The van der Waals surface area contributed by atoms with Crippen LogP contribution in [0.2, 0.25) is 0 Å². The number of imidazole rings is 1. The van der Waals surface area contributed by atoms with Gasteiger partial charge in [-0.3, -0.25) is 18.9 Å². The Morgan fingerprint density at radius 1 is 1.23 bits per heavy atom. The van der Waals surface area contributed by atoms with Gasteiger partial charge in [-0.05, 0) is 29.8 Å². The standard InChI is InChI=1S/C20H17BrN6O3/c1-26-17-16(18(29)24-20(26)30)27(11-12-5-4-7-14(21)9-12)19(23-17)25-22-10-13-6-2-3-8-15(13)28/h2-10,28H,11H2,1H3,(H,23,25)(H,24,29,30). The Bertz CT molecular complexity index is 1390. The van der Waals surface area contributed by atoms with E-state index < -0.39 is 11.2 Å². The number of rotatable bonds is 5. The van der Waals surface area contributed by atoms with Gasteiger partial charge in [0.1, 0.15) is 5.75 Å². The van der Waals surface area contributed by atoms with Gasteiger partial charge in [-0.15, -0.1) is 0 Å². The molecule has 3 N–H and O–H groups in total. The minimum Gasteiger partial charge on any atom is -0.507 e. The van der Waals surface area contributed by atoms with Crippen molar-refractivity contribution < 1.29 is 5.11 Å². The molecule has 152 valence electrons. The number of aromatic nitrogens is 4. The maximum Gasteiger partial charge on any atom is 0.329 e. The molecule has 0 unspecified atom stereocenters. The Labute approximate surface area is 178 Å². The third-order valence-corrected chi connectivity index (χ3v) is 5.03. The Morgan fingerprint density at radius 2 is 2.03 bits per heavy atom. The lowest BCUT2D eigenvalue weighted by Crippen LogP contribution is -2.29. The van der Waals surface area contributed by atoms with Gasteiger partial charge in [-0.2, -0.15) is 10.1 Å². The maximum absolute atomic E-state index is 12.5. The largest absolute Gasteiger partial charge is 0.507 e. The summed E-state index contributed by atoms with van der Waals surface area (Å²) in [6, 6.07) is 14.4. The number of phenolic OH excluding ortho intramolecular Hbond substituents is 1. The summed E-state index contributed by atoms with van der Waals surface area (Å²) in [5, 5.41) is 14.0. The number of aryl methyl sites for hydroxylation is 1. The SMILES string of the molecule is Cn1c(=O)[nH]c(=O)c2c1nc(NN=Cc1ccccc1O)n2Cc1cccc(Br)c1. The Morgan fingerprint density at radius 3 is 2.80 bits per heavy atom. The lowest BCUT2D eigenvalue weighted by molar-refractivity contribution is 0.474. The molecule has 0 saturated carbocycles. The van der Waals surface area contributed by atoms with Crippen molar-refractivity contribution in [1.82, 2.24) is 19.1 Å². The van der Waals surface area contributed by atoms with E-state index in [9.17, 15) is 14.7 Å². The Hall–Kier alpha value is -3.66. The van der Waals surface area contributed by atoms with Crippen LogP contribution in [-0.2, 0) is 13.6 Å². The van der Waals surface area contributed by atoms with Gasteiger partial charge in [0.25, 0.3) is 5.56 Å². The van der Waals surface area contributed by atoms with Crippen molar-refractivity contribution in [2.45, 2.75) is 6.54 Å². The zero-order valence-corrected chi connectivity index (χ0v) is 17.4. The second-order valence-electron chi connectivity index (χ2n) is 6.57. The van der Waals surface area contributed by atoms with Crippen LogP contribution < -0.4 is 16.7 Å². The molecule has 0 bridgehead atoms. The highest BCUT2D eigenvalue weighted by Crippen LogP contribution is 2.20. The van der Waals surface area contributed by atoms with Crippen LogP contribution in [0, 0.1) is 0 Å². The van der Waals surface area contributed by atoms with Crippen molar-refractivity contribution in [2.24, 2.45) is 12.1 Å². The number of nitrogens with zero attached hydrogens (tertiary/aromatic N) is 4. The molecule has 0 amide bonds. The third kappa shape index (κ3) is 3.77. The van der Waals surface area contributed by atoms with Crippen molar-refractivity contribution in [3.05, 3.63) is 85.0 Å². The summed E-state index contributed by atoms with van der Waals surface area (Å²) < 4.78 is 3.82. The topological polar surface area (TPSA) is 117 Å². The van der Waals surface area contributed by atoms with Gasteiger partial charge in [0.2, 0.25) is 5.95 Å². The van der Waals surface area contributed by atoms with Crippen molar-refractivity contribution in [3.63, 3.8) is 0 Å². The molecule has 0 atom stereocenters. The molecule has 0 radical (unpaired) electrons. The van der Waals surface area contributed by atoms with Crippen LogP contribution in [0.3, 0.4) is 0 Å². The van der Waals surface area contributed by atoms with E-state index in [2.05, 4.69) is 36.4 Å². The molecule has 4 rings (SSSR count). The number of hydrogen-bond donors (Lipinski definition) is 3. The predicted molar refractivity (Wildman–Crippen MR) is 118 cm³/mol. The number of anilines is 1. The van der Waals surface area contributed by atoms with E-state index in [0.29, 0.717) is 12.1 Å². The average Bonchev–Trinajstić information content (AvgIpc) is 3.07. The van der Waals surface area contributed by atoms with Crippen LogP contribution in [0.4, 0.5) is 5.95 Å². The molecule has 4 aromatic rings. The molecule has 2 aromatic carbocycles. The summed E-state index contributed by atoms with van der Waals surface area (Å²) in [5.74, 6) is 0.368. The molecule has 0 spiro atoms. The lowest BCUT2D eigenvalue weighted by atomic mass is 10.2. The zero-order valence-electron chi connectivity index (χ0n) is 15.8. The first-order valence-corrected chi connectivity index (χ1v) is 9.74. The molecule has 30 heavy (non-hydrogen) atoms. The number of H-pyrrole nitrogens is 1. The van der Waals surface area contributed by atoms with Crippen molar-refractivity contribution in [3.8, 4) is 5.75 Å². The summed E-state index contributed by atoms with van der Waals surface area (Å²) in [7, 11) is 1.53. The summed E-state index contributed by atoms with van der Waals surface area (Å²) in [6.45, 7) is 0.325. The fraction of sp³-hybridized carbons (Fsp3) is 0.100. The normalized spacial score (nSPS) is 11.4. The number of nitrogens with one attached hydrogen (secondary N) is 2. The van der Waals surface area contributed by atoms with Gasteiger partial charge in [0.15, 0.2) is 11.2 Å². The van der Waals surface area contributed by atoms with Gasteiger partial charge >= 0.3 is 5.69 Å². The van der Waals surface area contributed by atoms with E-state index in [1.807, 2.05) is 24.3 Å². The van der Waals surface area contributed by atoms with E-state index in [1.54, 1.807) is 28.8 Å². The highest BCUT2D eigenvalue weighted by atomic mass is 79.9. The molecule has 0 fully saturated rings. The molecule has 0 aliphatic rings. The monoisotopic (exact) mass is 468 g/mol. The first-order chi connectivity index (χ1) is 14.4. The highest BCUT2D eigenvalue weighted by Gasteiger charge is 2.17. The minimum atomic E-state index is -0.552. The smallest absolute Gasteiger partial charge is 0.329 e. The number of phenols is 1. The second kappa shape index (κ2) is 7.99. The van der Waals surface area contributed by atoms with Crippen LogP contribution in [0.1, 0.15) is 11.1 Å². The van der Waals surface area contributed by atoms with E-state index in [0.717, 1.165) is 10.0 Å². The van der Waals surface area contributed by atoms with Gasteiger partial charge in [-0.1, -0.05) is 40.2 Å². The molecule has 0 saturated heterocycles. The quantitative estimate of drug-likeness (QED) is 0.307. The number of hydrogen-bond acceptors (Lipinski definition) is 6. The summed E-state index contributed by atoms with van der Waals surface area (Å²) in [6.07, 6.45) is 1.45. The molecule has 10 heteroatoms. The van der Waals surface area contributed by atoms with Gasteiger partial charge in [0, 0.05) is 17.1 Å². The van der Waals surface area contributed by atoms with E-state index in [4.69, 9.17) is 0 Å². The summed E-state index contributed by atoms with van der Waals surface area (Å²) >= 11 is 3.44. The summed E-state index contributed by atoms with van der Waals surface area (Å²) in [5.41, 5.74) is 3.65. The molecular weight excluding hydrogens is 452 g/mol. The first kappa shape index (κ1) is 19.6. The fourth-order valence-electron chi connectivity index (χ4n) is 3.05. The predicted octanol–water partition coefficient (Wildman–Crippen LogP) is 2.39. The van der Waals surface area contributed by atoms with Crippen LogP contribution in [-0.4, -0.2) is 30.4 Å². The Kier molecular flexibility index (Phi) is 5.23. The fourth-order valence-corrected chi connectivity index (χ4v) is 3.49. The van der Waals surface area contributed by atoms with Crippen molar-refractivity contribution in [2.75, 3.05) is 5.43 Å². The van der Waals surface area contributed by atoms with Crippen molar-refractivity contribution in [1.29, 1.82) is 0 Å². The number of aromatic amines is 1. The molecule has 2 heterocycles. The number of fused-ring (bicyclic) bond motifs is 1. The number of benzene rings is 2. The van der Waals surface area contributed by atoms with Crippen molar-refractivity contribution >= 4 is 39.3 Å². The summed E-state index contributed by atoms with van der Waals surface area (Å²) in [4.78, 5) is 31.2. The van der Waals surface area contributed by atoms with Gasteiger partial charge in [0.05, 0.1) is 12.8 Å². The molecule has 0 aliphatic carbocycles. The van der Waals surface area contributed by atoms with Gasteiger partial charge < -0.3 is 5.11 Å². The lowest BCUT2D eigenvalue weighted by Gasteiger charge is -2.09. The average molecular weight is 469 g/mol. The third-order valence-electron chi connectivity index (χ3n) is 4.54. The molecule has 2 aromatic heterocycles. The number of halogens is 1. The van der Waals surface area contributed by atoms with Gasteiger partial charge in [-0.25, -0.2) is 10.2 Å². The zero-order chi connectivity index (χ0) is 21.3. The first-order valence-electron chi connectivity index (χ1n) is 8.95. The Balaban J connectivity index is 1.80. The molecule has 9 nitrogen and oxygen atoms in total. The molecular formula is C20H17BrN6O3. The highest BCUT2D eigenvalue weighted by molar-refractivity contribution is 9.10. The number of hydrazone groups is 1. The number of para-hydroxylation sites is 1. The van der Waals surface area contributed by atoms with Crippen LogP contribution in [0.25, 0.3) is 11.2 Å². The maximum atomic E-state index is 12.5.